The Morgan fingerprint density at radius 1 is 1.05 bits per heavy atom. The third-order valence-corrected chi connectivity index (χ3v) is 3.46. The highest BCUT2D eigenvalue weighted by Gasteiger charge is 2.09. The van der Waals surface area contributed by atoms with Crippen LogP contribution in [0.1, 0.15) is 44.7 Å². The van der Waals surface area contributed by atoms with Crippen molar-refractivity contribution in [2.45, 2.75) is 58.7 Å². The van der Waals surface area contributed by atoms with Crippen molar-refractivity contribution < 1.29 is 0 Å². The lowest BCUT2D eigenvalue weighted by molar-refractivity contribution is 0.424. The lowest BCUT2D eigenvalue weighted by atomic mass is 10.1. The Morgan fingerprint density at radius 2 is 1.81 bits per heavy atom. The Labute approximate surface area is 128 Å². The minimum absolute atomic E-state index is 0.151. The van der Waals surface area contributed by atoms with Crippen molar-refractivity contribution in [2.24, 2.45) is 0 Å². The molecule has 0 atom stereocenters. The van der Waals surface area contributed by atoms with E-state index < -0.39 is 0 Å². The van der Waals surface area contributed by atoms with Gasteiger partial charge in [0.05, 0.1) is 6.20 Å². The van der Waals surface area contributed by atoms with E-state index in [-0.39, 0.29) is 5.54 Å². The van der Waals surface area contributed by atoms with Gasteiger partial charge in [0.1, 0.15) is 0 Å². The summed E-state index contributed by atoms with van der Waals surface area (Å²) in [6.07, 6.45) is 7.65. The van der Waals surface area contributed by atoms with Crippen LogP contribution >= 0.6 is 0 Å². The zero-order chi connectivity index (χ0) is 15.1. The molecule has 0 saturated carbocycles. The second kappa shape index (κ2) is 7.41. The van der Waals surface area contributed by atoms with E-state index in [4.69, 9.17) is 0 Å². The normalized spacial score (nSPS) is 11.8. The molecular formula is C18H27N3. The van der Waals surface area contributed by atoms with Crippen molar-refractivity contribution in [1.29, 1.82) is 0 Å². The predicted octanol–water partition coefficient (Wildman–Crippen LogP) is 3.79. The number of rotatable bonds is 7. The molecule has 1 N–H and O–H groups in total. The van der Waals surface area contributed by atoms with Crippen LogP contribution in [0.3, 0.4) is 0 Å². The number of aryl methyl sites for hydroxylation is 2. The van der Waals surface area contributed by atoms with Crippen LogP contribution in [0.4, 0.5) is 0 Å². The molecule has 0 fully saturated rings. The lowest BCUT2D eigenvalue weighted by Gasteiger charge is -2.19. The largest absolute Gasteiger partial charge is 0.308 e. The molecule has 3 heteroatoms. The number of aromatic nitrogens is 2. The second-order valence-electron chi connectivity index (χ2n) is 6.66. The van der Waals surface area contributed by atoms with Gasteiger partial charge in [0.25, 0.3) is 0 Å². The van der Waals surface area contributed by atoms with E-state index in [1.807, 2.05) is 6.20 Å². The number of hydrogen-bond acceptors (Lipinski definition) is 2. The van der Waals surface area contributed by atoms with Gasteiger partial charge < -0.3 is 5.32 Å². The maximum Gasteiger partial charge on any atom is 0.0534 e. The molecule has 1 aromatic heterocycles. The summed E-state index contributed by atoms with van der Waals surface area (Å²) in [6, 6.07) is 10.7. The molecule has 0 bridgehead atoms. The summed E-state index contributed by atoms with van der Waals surface area (Å²) >= 11 is 0. The molecule has 1 aromatic carbocycles. The molecule has 21 heavy (non-hydrogen) atoms. The summed E-state index contributed by atoms with van der Waals surface area (Å²) in [5, 5.41) is 7.92. The van der Waals surface area contributed by atoms with Crippen molar-refractivity contribution in [3.63, 3.8) is 0 Å². The van der Waals surface area contributed by atoms with Crippen molar-refractivity contribution in [1.82, 2.24) is 15.1 Å². The third kappa shape index (κ3) is 6.13. The average molecular weight is 285 g/mol. The summed E-state index contributed by atoms with van der Waals surface area (Å²) in [5.41, 5.74) is 2.83. The molecule has 0 unspecified atom stereocenters. The minimum atomic E-state index is 0.151. The number of unbranched alkanes of at least 4 members (excludes halogenated alkanes) is 1. The van der Waals surface area contributed by atoms with Gasteiger partial charge in [-0.3, -0.25) is 4.68 Å². The third-order valence-electron chi connectivity index (χ3n) is 3.46. The number of nitrogens with zero attached hydrogens (tertiary/aromatic N) is 2. The second-order valence-corrected chi connectivity index (χ2v) is 6.66. The molecule has 114 valence electrons. The fourth-order valence-corrected chi connectivity index (χ4v) is 2.23. The van der Waals surface area contributed by atoms with E-state index in [2.05, 4.69) is 72.4 Å². The van der Waals surface area contributed by atoms with Crippen LogP contribution < -0.4 is 5.32 Å². The molecule has 0 aliphatic rings. The standard InChI is InChI=1S/C18H27N3/c1-18(2,3)19-13-17-14-20-21(15-17)12-8-7-11-16-9-5-4-6-10-16/h4-6,9-10,14-15,19H,7-8,11-13H2,1-3H3. The van der Waals surface area contributed by atoms with Gasteiger partial charge in [-0.05, 0) is 45.6 Å². The van der Waals surface area contributed by atoms with E-state index in [1.54, 1.807) is 0 Å². The molecule has 0 aliphatic carbocycles. The van der Waals surface area contributed by atoms with E-state index in [9.17, 15) is 0 Å². The lowest BCUT2D eigenvalue weighted by Crippen LogP contribution is -2.34. The Morgan fingerprint density at radius 3 is 2.52 bits per heavy atom. The summed E-state index contributed by atoms with van der Waals surface area (Å²) in [6.45, 7) is 8.43. The van der Waals surface area contributed by atoms with Gasteiger partial charge >= 0.3 is 0 Å². The molecule has 0 spiro atoms. The highest BCUT2D eigenvalue weighted by molar-refractivity contribution is 5.14. The summed E-state index contributed by atoms with van der Waals surface area (Å²) in [5.74, 6) is 0. The van der Waals surface area contributed by atoms with E-state index >= 15 is 0 Å². The molecule has 0 amide bonds. The van der Waals surface area contributed by atoms with Crippen LogP contribution in [0.15, 0.2) is 42.7 Å². The Hall–Kier alpha value is -1.61. The van der Waals surface area contributed by atoms with Gasteiger partial charge in [0, 0.05) is 30.4 Å². The molecule has 0 radical (unpaired) electrons. The van der Waals surface area contributed by atoms with Crippen LogP contribution in [0.25, 0.3) is 0 Å². The topological polar surface area (TPSA) is 29.9 Å². The van der Waals surface area contributed by atoms with Crippen molar-refractivity contribution in [2.75, 3.05) is 0 Å². The van der Waals surface area contributed by atoms with Gasteiger partial charge in [-0.1, -0.05) is 30.3 Å². The Bertz CT molecular complexity index is 523. The summed E-state index contributed by atoms with van der Waals surface area (Å²) in [4.78, 5) is 0. The fourth-order valence-electron chi connectivity index (χ4n) is 2.23. The predicted molar refractivity (Wildman–Crippen MR) is 88.2 cm³/mol. The Kier molecular flexibility index (Phi) is 5.57. The molecule has 1 heterocycles. The molecule has 2 rings (SSSR count). The van der Waals surface area contributed by atoms with Crippen LogP contribution in [0.5, 0.6) is 0 Å². The van der Waals surface area contributed by atoms with Crippen molar-refractivity contribution in [3.05, 3.63) is 53.9 Å². The zero-order valence-corrected chi connectivity index (χ0v) is 13.5. The maximum atomic E-state index is 4.44. The van der Waals surface area contributed by atoms with Gasteiger partial charge in [0.15, 0.2) is 0 Å². The first kappa shape index (κ1) is 15.8. The van der Waals surface area contributed by atoms with E-state index in [0.717, 1.165) is 19.5 Å². The first-order valence-electron chi connectivity index (χ1n) is 7.83. The number of nitrogens with one attached hydrogen (secondary N) is 1. The van der Waals surface area contributed by atoms with Crippen LogP contribution in [0.2, 0.25) is 0 Å². The molecular weight excluding hydrogens is 258 g/mol. The van der Waals surface area contributed by atoms with Crippen LogP contribution in [0, 0.1) is 0 Å². The Balaban J connectivity index is 1.68. The van der Waals surface area contributed by atoms with E-state index in [0.29, 0.717) is 0 Å². The van der Waals surface area contributed by atoms with Gasteiger partial charge in [-0.25, -0.2) is 0 Å². The van der Waals surface area contributed by atoms with Gasteiger partial charge in [-0.15, -0.1) is 0 Å². The van der Waals surface area contributed by atoms with Gasteiger partial charge in [0.2, 0.25) is 0 Å². The first-order chi connectivity index (χ1) is 10.0. The maximum absolute atomic E-state index is 4.44. The first-order valence-corrected chi connectivity index (χ1v) is 7.83. The number of hydrogen-bond donors (Lipinski definition) is 1. The summed E-state index contributed by atoms with van der Waals surface area (Å²) < 4.78 is 2.06. The average Bonchev–Trinajstić information content (AvgIpc) is 2.90. The number of benzene rings is 1. The highest BCUT2D eigenvalue weighted by atomic mass is 15.3. The fraction of sp³-hybridized carbons (Fsp3) is 0.500. The van der Waals surface area contributed by atoms with Crippen LogP contribution in [-0.2, 0) is 19.5 Å². The molecule has 3 nitrogen and oxygen atoms in total. The molecule has 0 aliphatic heterocycles. The van der Waals surface area contributed by atoms with Crippen molar-refractivity contribution >= 4 is 0 Å². The van der Waals surface area contributed by atoms with Gasteiger partial charge in [-0.2, -0.15) is 5.10 Å². The summed E-state index contributed by atoms with van der Waals surface area (Å²) in [7, 11) is 0. The quantitative estimate of drug-likeness (QED) is 0.784. The SMILES string of the molecule is CC(C)(C)NCc1cnn(CCCCc2ccccc2)c1. The molecule has 0 saturated heterocycles. The van der Waals surface area contributed by atoms with Crippen LogP contribution in [-0.4, -0.2) is 15.3 Å². The highest BCUT2D eigenvalue weighted by Crippen LogP contribution is 2.07. The van der Waals surface area contributed by atoms with Crippen molar-refractivity contribution in [3.8, 4) is 0 Å². The smallest absolute Gasteiger partial charge is 0.0534 e. The monoisotopic (exact) mass is 285 g/mol. The zero-order valence-electron chi connectivity index (χ0n) is 13.5. The minimum Gasteiger partial charge on any atom is -0.308 e. The van der Waals surface area contributed by atoms with E-state index in [1.165, 1.54) is 24.0 Å². The molecule has 2 aromatic rings.